The van der Waals surface area contributed by atoms with Gasteiger partial charge in [0.15, 0.2) is 0 Å². The number of carbonyl (C=O) groups is 1. The van der Waals surface area contributed by atoms with Crippen LogP contribution < -0.4 is 10.1 Å². The number of methoxy groups -OCH3 is 1. The van der Waals surface area contributed by atoms with Crippen molar-refractivity contribution in [2.75, 3.05) is 12.4 Å². The lowest BCUT2D eigenvalue weighted by atomic mass is 10.1. The number of anilines is 1. The Kier molecular flexibility index (Phi) is 4.18. The predicted molar refractivity (Wildman–Crippen MR) is 113 cm³/mol. The van der Waals surface area contributed by atoms with Crippen LogP contribution in [0.2, 0.25) is 0 Å². The van der Waals surface area contributed by atoms with E-state index in [9.17, 15) is 4.79 Å². The van der Waals surface area contributed by atoms with Crippen molar-refractivity contribution < 1.29 is 9.53 Å². The minimum absolute atomic E-state index is 0.233. The summed E-state index contributed by atoms with van der Waals surface area (Å²) in [5, 5.41) is 18.0. The molecule has 1 amide bonds. The zero-order valence-electron chi connectivity index (χ0n) is 15.4. The molecule has 0 radical (unpaired) electrons. The lowest BCUT2D eigenvalue weighted by Crippen LogP contribution is -2.13. The number of hydrogen-bond acceptors (Lipinski definition) is 6. The minimum Gasteiger partial charge on any atom is -0.496 e. The first-order valence-electron chi connectivity index (χ1n) is 8.87. The first-order chi connectivity index (χ1) is 14.2. The van der Waals surface area contributed by atoms with Gasteiger partial charge in [-0.25, -0.2) is 0 Å². The third-order valence-corrected chi connectivity index (χ3v) is 5.53. The first kappa shape index (κ1) is 17.3. The van der Waals surface area contributed by atoms with E-state index in [1.54, 1.807) is 18.0 Å². The lowest BCUT2D eigenvalue weighted by molar-refractivity contribution is 0.102. The normalized spacial score (nSPS) is 11.1. The van der Waals surface area contributed by atoms with E-state index in [4.69, 9.17) is 4.74 Å². The zero-order valence-corrected chi connectivity index (χ0v) is 16.2. The molecular weight excluding hydrogens is 386 g/mol. The summed E-state index contributed by atoms with van der Waals surface area (Å²) in [4.78, 5) is 13.7. The molecule has 0 saturated heterocycles. The Morgan fingerprint density at radius 3 is 2.69 bits per heavy atom. The SMILES string of the molecule is COc1cc2ccccc2cc1C(=O)Nc1cccc(-c2nn3cnnc3s2)c1. The maximum absolute atomic E-state index is 13.0. The van der Waals surface area contributed by atoms with E-state index in [0.717, 1.165) is 26.3 Å². The Morgan fingerprint density at radius 2 is 1.90 bits per heavy atom. The molecule has 0 bridgehead atoms. The predicted octanol–water partition coefficient (Wildman–Crippen LogP) is 4.27. The smallest absolute Gasteiger partial charge is 0.259 e. The number of fused-ring (bicyclic) bond motifs is 2. The van der Waals surface area contributed by atoms with Crippen LogP contribution in [0.1, 0.15) is 10.4 Å². The van der Waals surface area contributed by atoms with Gasteiger partial charge in [0.05, 0.1) is 12.7 Å². The summed E-state index contributed by atoms with van der Waals surface area (Å²) >= 11 is 1.43. The molecule has 29 heavy (non-hydrogen) atoms. The number of amides is 1. The highest BCUT2D eigenvalue weighted by molar-refractivity contribution is 7.19. The molecule has 1 N–H and O–H groups in total. The van der Waals surface area contributed by atoms with Gasteiger partial charge in [0.2, 0.25) is 4.96 Å². The van der Waals surface area contributed by atoms with Crippen LogP contribution in [-0.2, 0) is 0 Å². The van der Waals surface area contributed by atoms with E-state index >= 15 is 0 Å². The van der Waals surface area contributed by atoms with Crippen LogP contribution in [0.4, 0.5) is 5.69 Å². The molecule has 2 heterocycles. The van der Waals surface area contributed by atoms with Crippen molar-refractivity contribution >= 4 is 38.7 Å². The molecule has 3 aromatic carbocycles. The van der Waals surface area contributed by atoms with E-state index in [-0.39, 0.29) is 5.91 Å². The fraction of sp³-hybridized carbons (Fsp3) is 0.0476. The summed E-state index contributed by atoms with van der Waals surface area (Å²) < 4.78 is 7.08. The van der Waals surface area contributed by atoms with Gasteiger partial charge in [0.1, 0.15) is 17.1 Å². The molecule has 0 unspecified atom stereocenters. The summed E-state index contributed by atoms with van der Waals surface area (Å²) in [6.45, 7) is 0. The number of rotatable bonds is 4. The van der Waals surface area contributed by atoms with E-state index in [1.807, 2.05) is 60.7 Å². The molecule has 8 heteroatoms. The Morgan fingerprint density at radius 1 is 1.07 bits per heavy atom. The van der Waals surface area contributed by atoms with Crippen LogP contribution in [0.25, 0.3) is 26.3 Å². The highest BCUT2D eigenvalue weighted by atomic mass is 32.1. The molecule has 5 aromatic rings. The summed E-state index contributed by atoms with van der Waals surface area (Å²) in [7, 11) is 1.56. The third kappa shape index (κ3) is 3.19. The largest absolute Gasteiger partial charge is 0.496 e. The molecule has 0 atom stereocenters. The summed E-state index contributed by atoms with van der Waals surface area (Å²) in [6.07, 6.45) is 1.56. The molecule has 0 aliphatic rings. The van der Waals surface area contributed by atoms with Crippen molar-refractivity contribution in [1.29, 1.82) is 0 Å². The summed E-state index contributed by atoms with van der Waals surface area (Å²) in [5.41, 5.74) is 2.05. The van der Waals surface area contributed by atoms with Crippen molar-refractivity contribution in [3.05, 3.63) is 72.6 Å². The molecule has 2 aromatic heterocycles. The minimum atomic E-state index is -0.233. The van der Waals surface area contributed by atoms with Crippen molar-refractivity contribution in [3.63, 3.8) is 0 Å². The first-order valence-corrected chi connectivity index (χ1v) is 9.68. The van der Waals surface area contributed by atoms with E-state index in [2.05, 4.69) is 20.6 Å². The number of aromatic nitrogens is 4. The van der Waals surface area contributed by atoms with Crippen molar-refractivity contribution in [2.45, 2.75) is 0 Å². The number of nitrogens with one attached hydrogen (secondary N) is 1. The Bertz CT molecular complexity index is 1330. The van der Waals surface area contributed by atoms with E-state index in [0.29, 0.717) is 17.0 Å². The van der Waals surface area contributed by atoms with Gasteiger partial charge >= 0.3 is 0 Å². The second kappa shape index (κ2) is 6.99. The molecule has 0 aliphatic heterocycles. The molecule has 0 spiro atoms. The van der Waals surface area contributed by atoms with Gasteiger partial charge in [-0.3, -0.25) is 4.79 Å². The highest BCUT2D eigenvalue weighted by Crippen LogP contribution is 2.29. The van der Waals surface area contributed by atoms with Gasteiger partial charge in [-0.15, -0.1) is 10.2 Å². The van der Waals surface area contributed by atoms with Gasteiger partial charge in [0, 0.05) is 11.3 Å². The lowest BCUT2D eigenvalue weighted by Gasteiger charge is -2.11. The number of carbonyl (C=O) groups excluding carboxylic acids is 1. The maximum Gasteiger partial charge on any atom is 0.259 e. The average Bonchev–Trinajstić information content (AvgIpc) is 3.35. The molecule has 0 fully saturated rings. The molecule has 7 nitrogen and oxygen atoms in total. The van der Waals surface area contributed by atoms with Gasteiger partial charge in [-0.1, -0.05) is 47.7 Å². The van der Waals surface area contributed by atoms with Crippen molar-refractivity contribution in [1.82, 2.24) is 19.8 Å². The third-order valence-electron chi connectivity index (χ3n) is 4.57. The Labute approximate surface area is 169 Å². The number of hydrogen-bond donors (Lipinski definition) is 1. The van der Waals surface area contributed by atoms with Gasteiger partial charge in [-0.2, -0.15) is 9.61 Å². The van der Waals surface area contributed by atoms with E-state index < -0.39 is 0 Å². The van der Waals surface area contributed by atoms with Gasteiger partial charge < -0.3 is 10.1 Å². The highest BCUT2D eigenvalue weighted by Gasteiger charge is 2.15. The topological polar surface area (TPSA) is 81.4 Å². The van der Waals surface area contributed by atoms with Crippen LogP contribution in [0, 0.1) is 0 Å². The second-order valence-corrected chi connectivity index (χ2v) is 7.36. The van der Waals surface area contributed by atoms with Gasteiger partial charge in [0.25, 0.3) is 5.91 Å². The number of nitrogens with zero attached hydrogens (tertiary/aromatic N) is 4. The Hall–Kier alpha value is -3.78. The zero-order chi connectivity index (χ0) is 19.8. The second-order valence-electron chi connectivity index (χ2n) is 6.40. The molecule has 0 saturated carbocycles. The summed E-state index contributed by atoms with van der Waals surface area (Å²) in [5.74, 6) is 0.300. The quantitative estimate of drug-likeness (QED) is 0.486. The monoisotopic (exact) mass is 401 g/mol. The average molecular weight is 401 g/mol. The van der Waals surface area contributed by atoms with Crippen LogP contribution in [0.3, 0.4) is 0 Å². The number of ether oxygens (including phenoxy) is 1. The van der Waals surface area contributed by atoms with Gasteiger partial charge in [-0.05, 0) is 35.0 Å². The molecule has 5 rings (SSSR count). The fourth-order valence-corrected chi connectivity index (χ4v) is 3.99. The van der Waals surface area contributed by atoms with Crippen LogP contribution in [-0.4, -0.2) is 32.8 Å². The molecule has 142 valence electrons. The van der Waals surface area contributed by atoms with E-state index in [1.165, 1.54) is 11.3 Å². The maximum atomic E-state index is 13.0. The summed E-state index contributed by atoms with van der Waals surface area (Å²) in [6, 6.07) is 19.1. The Balaban J connectivity index is 1.46. The molecule has 0 aliphatic carbocycles. The fourth-order valence-electron chi connectivity index (χ4n) is 3.17. The van der Waals surface area contributed by atoms with Crippen LogP contribution in [0.15, 0.2) is 67.0 Å². The standard InChI is InChI=1S/C21H15N5O2S/c1-28-18-11-14-6-3-2-5-13(14)10-17(18)19(27)23-16-8-4-7-15(9-16)20-25-26-12-22-24-21(26)29-20/h2-12H,1H3,(H,23,27). The van der Waals surface area contributed by atoms with Crippen molar-refractivity contribution in [2.24, 2.45) is 0 Å². The van der Waals surface area contributed by atoms with Crippen LogP contribution >= 0.6 is 11.3 Å². The molecular formula is C21H15N5O2S. The van der Waals surface area contributed by atoms with Crippen LogP contribution in [0.5, 0.6) is 5.75 Å². The van der Waals surface area contributed by atoms with Crippen molar-refractivity contribution in [3.8, 4) is 16.3 Å². The number of benzene rings is 3.